The van der Waals surface area contributed by atoms with Gasteiger partial charge in [0, 0.05) is 43.4 Å². The smallest absolute Gasteiger partial charge is 0.0472 e. The summed E-state index contributed by atoms with van der Waals surface area (Å²) in [5, 5.41) is 0. The van der Waals surface area contributed by atoms with Crippen molar-refractivity contribution in [2.45, 2.75) is 25.8 Å². The number of hydrogen-bond acceptors (Lipinski definition) is 3. The zero-order valence-electron chi connectivity index (χ0n) is 11.1. The van der Waals surface area contributed by atoms with Crippen molar-refractivity contribution in [2.24, 2.45) is 5.41 Å². The fourth-order valence-corrected chi connectivity index (χ4v) is 3.24. The average molecular weight is 246 g/mol. The van der Waals surface area contributed by atoms with Crippen LogP contribution in [0, 0.1) is 5.41 Å². The van der Waals surface area contributed by atoms with Crippen molar-refractivity contribution in [1.82, 2.24) is 4.90 Å². The summed E-state index contributed by atoms with van der Waals surface area (Å²) in [6, 6.07) is 8.74. The van der Waals surface area contributed by atoms with Crippen LogP contribution in [0.4, 0.5) is 5.69 Å². The minimum absolute atomic E-state index is 0.474. The van der Waals surface area contributed by atoms with E-state index >= 15 is 0 Å². The van der Waals surface area contributed by atoms with Gasteiger partial charge in [-0.25, -0.2) is 0 Å². The van der Waals surface area contributed by atoms with Gasteiger partial charge in [-0.3, -0.25) is 4.90 Å². The lowest BCUT2D eigenvalue weighted by Gasteiger charge is -2.54. The lowest BCUT2D eigenvalue weighted by Crippen LogP contribution is -2.58. The highest BCUT2D eigenvalue weighted by Crippen LogP contribution is 2.43. The number of likely N-dealkylation sites (tertiary alicyclic amines) is 1. The van der Waals surface area contributed by atoms with Gasteiger partial charge in [0.15, 0.2) is 0 Å². The number of ether oxygens (including phenoxy) is 1. The van der Waals surface area contributed by atoms with E-state index in [1.54, 1.807) is 0 Å². The molecule has 2 N–H and O–H groups in total. The molecule has 2 saturated heterocycles. The summed E-state index contributed by atoms with van der Waals surface area (Å²) in [4.78, 5) is 2.56. The van der Waals surface area contributed by atoms with Crippen molar-refractivity contribution in [3.63, 3.8) is 0 Å². The third-order valence-corrected chi connectivity index (χ3v) is 4.57. The molecule has 98 valence electrons. The Morgan fingerprint density at radius 3 is 2.67 bits per heavy atom. The maximum atomic E-state index is 5.86. The fraction of sp³-hybridized carbons (Fsp3) is 0.600. The molecule has 0 saturated carbocycles. The number of rotatable bonds is 2. The average Bonchev–Trinajstić information content (AvgIpc) is 2.36. The summed E-state index contributed by atoms with van der Waals surface area (Å²) in [6.45, 7) is 6.60. The van der Waals surface area contributed by atoms with Crippen LogP contribution in [-0.4, -0.2) is 31.2 Å². The van der Waals surface area contributed by atoms with Gasteiger partial charge in [-0.15, -0.1) is 0 Å². The Balaban J connectivity index is 1.64. The van der Waals surface area contributed by atoms with Crippen LogP contribution >= 0.6 is 0 Å². The molecule has 1 unspecified atom stereocenters. The Morgan fingerprint density at radius 1 is 1.28 bits per heavy atom. The van der Waals surface area contributed by atoms with Crippen molar-refractivity contribution < 1.29 is 4.74 Å². The number of hydrogen-bond donors (Lipinski definition) is 1. The molecule has 3 rings (SSSR count). The first-order valence-electron chi connectivity index (χ1n) is 6.86. The number of benzene rings is 1. The lowest BCUT2D eigenvalue weighted by molar-refractivity contribution is -0.0953. The molecule has 3 nitrogen and oxygen atoms in total. The predicted octanol–water partition coefficient (Wildman–Crippen LogP) is 2.44. The van der Waals surface area contributed by atoms with Crippen LogP contribution in [0.3, 0.4) is 0 Å². The van der Waals surface area contributed by atoms with Crippen LogP contribution in [0.5, 0.6) is 0 Å². The highest BCUT2D eigenvalue weighted by molar-refractivity contribution is 5.41. The van der Waals surface area contributed by atoms with Crippen molar-refractivity contribution in [3.8, 4) is 0 Å². The van der Waals surface area contributed by atoms with Crippen molar-refractivity contribution in [1.29, 1.82) is 0 Å². The van der Waals surface area contributed by atoms with E-state index in [0.29, 0.717) is 11.5 Å². The Kier molecular flexibility index (Phi) is 3.04. The molecule has 0 amide bonds. The summed E-state index contributed by atoms with van der Waals surface area (Å²) in [5.74, 6) is 0. The van der Waals surface area contributed by atoms with E-state index < -0.39 is 0 Å². The third-order valence-electron chi connectivity index (χ3n) is 4.57. The molecule has 2 aliphatic heterocycles. The molecule has 0 radical (unpaired) electrons. The maximum Gasteiger partial charge on any atom is 0.0472 e. The first-order chi connectivity index (χ1) is 8.69. The van der Waals surface area contributed by atoms with Gasteiger partial charge in [0.2, 0.25) is 0 Å². The van der Waals surface area contributed by atoms with E-state index in [9.17, 15) is 0 Å². The first kappa shape index (κ1) is 12.0. The summed E-state index contributed by atoms with van der Waals surface area (Å²) in [6.07, 6.45) is 2.46. The minimum Gasteiger partial charge on any atom is -0.399 e. The van der Waals surface area contributed by atoms with Crippen LogP contribution in [0.1, 0.15) is 31.4 Å². The largest absolute Gasteiger partial charge is 0.399 e. The Hall–Kier alpha value is -1.06. The number of nitrogens with two attached hydrogens (primary N) is 1. The second-order valence-corrected chi connectivity index (χ2v) is 5.86. The maximum absolute atomic E-state index is 5.86. The molecule has 0 aliphatic carbocycles. The van der Waals surface area contributed by atoms with E-state index in [1.165, 1.54) is 31.5 Å². The molecule has 1 aromatic carbocycles. The molecule has 0 aromatic heterocycles. The van der Waals surface area contributed by atoms with Gasteiger partial charge in [-0.05, 0) is 37.5 Å². The van der Waals surface area contributed by atoms with E-state index in [2.05, 4.69) is 24.0 Å². The number of nitrogen functional groups attached to an aromatic ring is 1. The predicted molar refractivity (Wildman–Crippen MR) is 73.3 cm³/mol. The molecule has 2 heterocycles. The number of nitrogens with zero attached hydrogens (tertiary/aromatic N) is 1. The fourth-order valence-electron chi connectivity index (χ4n) is 3.24. The summed E-state index contributed by atoms with van der Waals surface area (Å²) in [7, 11) is 0. The summed E-state index contributed by atoms with van der Waals surface area (Å²) in [5.41, 5.74) is 8.60. The lowest BCUT2D eigenvalue weighted by atomic mass is 9.72. The molecular formula is C15H22N2O. The van der Waals surface area contributed by atoms with Crippen LogP contribution in [-0.2, 0) is 4.74 Å². The summed E-state index contributed by atoms with van der Waals surface area (Å²) >= 11 is 0. The van der Waals surface area contributed by atoms with Crippen LogP contribution < -0.4 is 5.73 Å². The SMILES string of the molecule is CC(c1cccc(N)c1)N1CC2(CCOCC2)C1. The van der Waals surface area contributed by atoms with Crippen molar-refractivity contribution >= 4 is 5.69 Å². The highest BCUT2D eigenvalue weighted by atomic mass is 16.5. The monoisotopic (exact) mass is 246 g/mol. The third kappa shape index (κ3) is 2.13. The van der Waals surface area contributed by atoms with Gasteiger partial charge < -0.3 is 10.5 Å². The van der Waals surface area contributed by atoms with E-state index in [1.807, 2.05) is 12.1 Å². The van der Waals surface area contributed by atoms with Gasteiger partial charge in [0.25, 0.3) is 0 Å². The molecule has 2 aliphatic rings. The minimum atomic E-state index is 0.474. The van der Waals surface area contributed by atoms with E-state index in [4.69, 9.17) is 10.5 Å². The quantitative estimate of drug-likeness (QED) is 0.815. The van der Waals surface area contributed by atoms with Crippen molar-refractivity contribution in [2.75, 3.05) is 32.0 Å². The normalized spacial score (nSPS) is 24.7. The van der Waals surface area contributed by atoms with Gasteiger partial charge in [-0.1, -0.05) is 12.1 Å². The molecule has 1 atom stereocenters. The topological polar surface area (TPSA) is 38.5 Å². The molecule has 1 aromatic rings. The van der Waals surface area contributed by atoms with Crippen LogP contribution in [0.15, 0.2) is 24.3 Å². The molecular weight excluding hydrogens is 224 g/mol. The zero-order chi connectivity index (χ0) is 12.6. The molecule has 3 heteroatoms. The Labute approximate surface area is 109 Å². The Bertz CT molecular complexity index is 418. The van der Waals surface area contributed by atoms with E-state index in [-0.39, 0.29) is 0 Å². The standard InChI is InChI=1S/C15H22N2O/c1-12(13-3-2-4-14(16)9-13)17-10-15(11-17)5-7-18-8-6-15/h2-4,9,12H,5-8,10-11,16H2,1H3. The van der Waals surface area contributed by atoms with Gasteiger partial charge in [0.05, 0.1) is 0 Å². The molecule has 0 bridgehead atoms. The first-order valence-corrected chi connectivity index (χ1v) is 6.86. The van der Waals surface area contributed by atoms with Gasteiger partial charge in [-0.2, -0.15) is 0 Å². The second-order valence-electron chi connectivity index (χ2n) is 5.86. The van der Waals surface area contributed by atoms with E-state index in [0.717, 1.165) is 18.9 Å². The molecule has 1 spiro atoms. The van der Waals surface area contributed by atoms with Crippen LogP contribution in [0.2, 0.25) is 0 Å². The highest BCUT2D eigenvalue weighted by Gasteiger charge is 2.45. The van der Waals surface area contributed by atoms with Gasteiger partial charge >= 0.3 is 0 Å². The Morgan fingerprint density at radius 2 is 2.00 bits per heavy atom. The number of anilines is 1. The molecule has 18 heavy (non-hydrogen) atoms. The van der Waals surface area contributed by atoms with Crippen LogP contribution in [0.25, 0.3) is 0 Å². The molecule has 2 fully saturated rings. The van der Waals surface area contributed by atoms with Crippen molar-refractivity contribution in [3.05, 3.63) is 29.8 Å². The summed E-state index contributed by atoms with van der Waals surface area (Å²) < 4.78 is 5.46. The van der Waals surface area contributed by atoms with Gasteiger partial charge in [0.1, 0.15) is 0 Å². The second kappa shape index (κ2) is 4.56. The zero-order valence-corrected chi connectivity index (χ0v) is 11.1.